The van der Waals surface area contributed by atoms with Crippen LogP contribution >= 0.6 is 24.8 Å². The number of rotatable bonds is 5. The number of hydrogen-bond acceptors (Lipinski definition) is 3. The van der Waals surface area contributed by atoms with Gasteiger partial charge in [0.15, 0.2) is 0 Å². The monoisotopic (exact) mass is 375 g/mol. The van der Waals surface area contributed by atoms with Gasteiger partial charge < -0.3 is 15.5 Å². The molecule has 1 heterocycles. The number of aryl methyl sites for hydroxylation is 1. The number of piperidine rings is 1. The maximum absolute atomic E-state index is 12.5. The number of nitrogens with zero attached hydrogens (tertiary/aromatic N) is 2. The highest BCUT2D eigenvalue weighted by molar-refractivity contribution is 5.85. The van der Waals surface area contributed by atoms with Crippen molar-refractivity contribution < 1.29 is 4.79 Å². The summed E-state index contributed by atoms with van der Waals surface area (Å²) in [7, 11) is 1.96. The Morgan fingerprint density at radius 3 is 2.58 bits per heavy atom. The Hall–Kier alpha value is -0.970. The zero-order chi connectivity index (χ0) is 16.1. The standard InChI is InChI=1S/C18H29N3O.2ClH/c1-4-21-12-11-17(14(2)13-21)20(3)18(22)10-9-15-7-5-6-8-16(15)19;;/h5-8,14,17H,4,9-13,19H2,1-3H3;2*1H. The van der Waals surface area contributed by atoms with E-state index < -0.39 is 0 Å². The molecule has 1 aliphatic heterocycles. The van der Waals surface area contributed by atoms with E-state index in [0.29, 0.717) is 18.4 Å². The Labute approximate surface area is 158 Å². The number of benzene rings is 1. The van der Waals surface area contributed by atoms with Crippen LogP contribution in [0.15, 0.2) is 24.3 Å². The first-order valence-corrected chi connectivity index (χ1v) is 8.34. The van der Waals surface area contributed by atoms with Gasteiger partial charge in [-0.25, -0.2) is 0 Å². The second kappa shape index (κ2) is 10.8. The molecule has 0 saturated carbocycles. The van der Waals surface area contributed by atoms with Crippen molar-refractivity contribution in [3.8, 4) is 0 Å². The van der Waals surface area contributed by atoms with Gasteiger partial charge in [0.2, 0.25) is 5.91 Å². The molecular weight excluding hydrogens is 345 g/mol. The molecule has 4 nitrogen and oxygen atoms in total. The van der Waals surface area contributed by atoms with Gasteiger partial charge in [0.25, 0.3) is 0 Å². The molecule has 2 unspecified atom stereocenters. The molecule has 2 N–H and O–H groups in total. The first kappa shape index (κ1) is 23.0. The number of nitrogen functional groups attached to an aromatic ring is 1. The van der Waals surface area contributed by atoms with Gasteiger partial charge in [0.05, 0.1) is 0 Å². The van der Waals surface area contributed by atoms with Gasteiger partial charge in [-0.2, -0.15) is 0 Å². The molecule has 2 atom stereocenters. The highest BCUT2D eigenvalue weighted by Crippen LogP contribution is 2.22. The highest BCUT2D eigenvalue weighted by atomic mass is 35.5. The maximum atomic E-state index is 12.5. The number of nitrogens with two attached hydrogens (primary N) is 1. The van der Waals surface area contributed by atoms with E-state index in [1.165, 1.54) is 0 Å². The van der Waals surface area contributed by atoms with Gasteiger partial charge in [-0.1, -0.05) is 32.0 Å². The van der Waals surface area contributed by atoms with Crippen LogP contribution in [-0.2, 0) is 11.2 Å². The average molecular weight is 376 g/mol. The summed E-state index contributed by atoms with van der Waals surface area (Å²) in [5.41, 5.74) is 7.80. The van der Waals surface area contributed by atoms with Crippen molar-refractivity contribution in [1.82, 2.24) is 9.80 Å². The molecule has 0 aromatic heterocycles. The summed E-state index contributed by atoms with van der Waals surface area (Å²) in [4.78, 5) is 16.9. The van der Waals surface area contributed by atoms with E-state index in [4.69, 9.17) is 5.73 Å². The Bertz CT molecular complexity index is 513. The Morgan fingerprint density at radius 1 is 1.33 bits per heavy atom. The number of amides is 1. The van der Waals surface area contributed by atoms with Crippen LogP contribution in [0.2, 0.25) is 0 Å². The fraction of sp³-hybridized carbons (Fsp3) is 0.611. The molecular formula is C18H31Cl2N3O. The van der Waals surface area contributed by atoms with Crippen LogP contribution in [0, 0.1) is 5.92 Å². The van der Waals surface area contributed by atoms with Crippen LogP contribution in [-0.4, -0.2) is 48.4 Å². The van der Waals surface area contributed by atoms with Crippen LogP contribution in [0.4, 0.5) is 5.69 Å². The number of anilines is 1. The molecule has 24 heavy (non-hydrogen) atoms. The Kier molecular flexibility index (Phi) is 10.4. The minimum Gasteiger partial charge on any atom is -0.399 e. The molecule has 138 valence electrons. The van der Waals surface area contributed by atoms with Crippen LogP contribution < -0.4 is 5.73 Å². The third kappa shape index (κ3) is 5.83. The minimum absolute atomic E-state index is 0. The lowest BCUT2D eigenvalue weighted by Crippen LogP contribution is -2.50. The molecule has 1 fully saturated rings. The van der Waals surface area contributed by atoms with Gasteiger partial charge in [0.1, 0.15) is 0 Å². The number of hydrogen-bond donors (Lipinski definition) is 1. The van der Waals surface area contributed by atoms with Gasteiger partial charge in [-0.3, -0.25) is 4.79 Å². The molecule has 0 spiro atoms. The minimum atomic E-state index is 0. The van der Waals surface area contributed by atoms with Crippen LogP contribution in [0.25, 0.3) is 0 Å². The summed E-state index contributed by atoms with van der Waals surface area (Å²) in [5, 5.41) is 0. The lowest BCUT2D eigenvalue weighted by atomic mass is 9.92. The normalized spacial score (nSPS) is 20.6. The first-order chi connectivity index (χ1) is 10.5. The Morgan fingerprint density at radius 2 is 2.00 bits per heavy atom. The van der Waals surface area contributed by atoms with Crippen LogP contribution in [0.5, 0.6) is 0 Å². The Balaban J connectivity index is 0.00000264. The van der Waals surface area contributed by atoms with Crippen LogP contribution in [0.1, 0.15) is 32.3 Å². The lowest BCUT2D eigenvalue weighted by molar-refractivity contribution is -0.134. The van der Waals surface area contributed by atoms with E-state index in [1.807, 2.05) is 36.2 Å². The zero-order valence-electron chi connectivity index (χ0n) is 14.9. The SMILES string of the molecule is CCN1CCC(N(C)C(=O)CCc2ccccc2N)C(C)C1.Cl.Cl. The molecule has 1 aromatic carbocycles. The van der Waals surface area contributed by atoms with Crippen molar-refractivity contribution in [3.05, 3.63) is 29.8 Å². The molecule has 1 aliphatic rings. The van der Waals surface area contributed by atoms with E-state index in [2.05, 4.69) is 18.7 Å². The maximum Gasteiger partial charge on any atom is 0.222 e. The lowest BCUT2D eigenvalue weighted by Gasteiger charge is -2.41. The molecule has 0 aliphatic carbocycles. The number of para-hydroxylation sites is 1. The summed E-state index contributed by atoms with van der Waals surface area (Å²) in [6.07, 6.45) is 2.33. The van der Waals surface area contributed by atoms with Gasteiger partial charge in [-0.05, 0) is 36.9 Å². The molecule has 2 rings (SSSR count). The number of carbonyl (C=O) groups is 1. The largest absolute Gasteiger partial charge is 0.399 e. The van der Waals surface area contributed by atoms with Crippen molar-refractivity contribution in [2.24, 2.45) is 5.92 Å². The van der Waals surface area contributed by atoms with Crippen molar-refractivity contribution in [2.75, 3.05) is 32.4 Å². The molecule has 0 bridgehead atoms. The molecule has 1 amide bonds. The van der Waals surface area contributed by atoms with Crippen molar-refractivity contribution in [2.45, 2.75) is 39.2 Å². The van der Waals surface area contributed by atoms with Gasteiger partial charge >= 0.3 is 0 Å². The van der Waals surface area contributed by atoms with E-state index >= 15 is 0 Å². The van der Waals surface area contributed by atoms with Crippen LogP contribution in [0.3, 0.4) is 0 Å². The van der Waals surface area contributed by atoms with Crippen molar-refractivity contribution in [3.63, 3.8) is 0 Å². The predicted octanol–water partition coefficient (Wildman–Crippen LogP) is 3.23. The van der Waals surface area contributed by atoms with Gasteiger partial charge in [0, 0.05) is 38.3 Å². The summed E-state index contributed by atoms with van der Waals surface area (Å²) >= 11 is 0. The van der Waals surface area contributed by atoms with E-state index in [1.54, 1.807) is 0 Å². The van der Waals surface area contributed by atoms with E-state index in [9.17, 15) is 4.79 Å². The quantitative estimate of drug-likeness (QED) is 0.803. The topological polar surface area (TPSA) is 49.6 Å². The molecule has 1 saturated heterocycles. The highest BCUT2D eigenvalue weighted by Gasteiger charge is 2.30. The number of halogens is 2. The predicted molar refractivity (Wildman–Crippen MR) is 106 cm³/mol. The number of likely N-dealkylation sites (tertiary alicyclic amines) is 1. The zero-order valence-corrected chi connectivity index (χ0v) is 16.5. The molecule has 6 heteroatoms. The second-order valence-corrected chi connectivity index (χ2v) is 6.43. The van der Waals surface area contributed by atoms with E-state index in [0.717, 1.165) is 43.7 Å². The first-order valence-electron chi connectivity index (χ1n) is 8.34. The summed E-state index contributed by atoms with van der Waals surface area (Å²) in [6.45, 7) is 7.73. The second-order valence-electron chi connectivity index (χ2n) is 6.43. The fourth-order valence-electron chi connectivity index (χ4n) is 3.45. The van der Waals surface area contributed by atoms with Gasteiger partial charge in [-0.15, -0.1) is 24.8 Å². The summed E-state index contributed by atoms with van der Waals surface area (Å²) in [6, 6.07) is 8.17. The average Bonchev–Trinajstić information content (AvgIpc) is 2.53. The fourth-order valence-corrected chi connectivity index (χ4v) is 3.45. The number of carbonyl (C=O) groups excluding carboxylic acids is 1. The summed E-state index contributed by atoms with van der Waals surface area (Å²) < 4.78 is 0. The molecule has 0 radical (unpaired) electrons. The van der Waals surface area contributed by atoms with Crippen molar-refractivity contribution >= 4 is 36.4 Å². The third-order valence-electron chi connectivity index (χ3n) is 4.95. The summed E-state index contributed by atoms with van der Waals surface area (Å²) in [5.74, 6) is 0.759. The van der Waals surface area contributed by atoms with E-state index in [-0.39, 0.29) is 30.7 Å². The third-order valence-corrected chi connectivity index (χ3v) is 4.95. The van der Waals surface area contributed by atoms with Crippen molar-refractivity contribution in [1.29, 1.82) is 0 Å². The molecule has 1 aromatic rings. The smallest absolute Gasteiger partial charge is 0.222 e.